The summed E-state index contributed by atoms with van der Waals surface area (Å²) in [5.74, 6) is 0. The SMILES string of the molecule is CC(C)(C)c1cc(-c2ccc3c(c2)N(c2c(-c4ccccc4)cc(C(C)(C)C)cc2-c2ccccc2)c2cc(C(C)(C)C)cc4c2B3c2ccc(-c3cccc5c3C(c3ccccc3)(c3ccc(-c6ccccc6)cc3)c3ccccc3-5)cc2N4c2c(-c3ccccc3)cc(C(C)(C)C)cc2-c2ccccc2)cc(C(C)(C)C)c1. The molecule has 0 saturated heterocycles. The maximum absolute atomic E-state index is 2.77. The molecule has 558 valence electrons. The minimum Gasteiger partial charge on any atom is -0.310 e. The molecule has 1 atom stereocenters. The summed E-state index contributed by atoms with van der Waals surface area (Å²) in [4.78, 5) is 5.53. The summed E-state index contributed by atoms with van der Waals surface area (Å²) in [6.45, 7) is 35.4. The van der Waals surface area contributed by atoms with Gasteiger partial charge in [0.2, 0.25) is 0 Å². The summed E-state index contributed by atoms with van der Waals surface area (Å²) in [6.07, 6.45) is 0. The van der Waals surface area contributed by atoms with E-state index in [1.807, 2.05) is 0 Å². The predicted octanol–water partition coefficient (Wildman–Crippen LogP) is 28.3. The van der Waals surface area contributed by atoms with Gasteiger partial charge in [0, 0.05) is 45.0 Å². The number of anilines is 6. The Labute approximate surface area is 677 Å². The van der Waals surface area contributed by atoms with Crippen molar-refractivity contribution >= 4 is 57.2 Å². The zero-order valence-corrected chi connectivity index (χ0v) is 68.8. The third kappa shape index (κ3) is 12.6. The molecular formula is C111H101BN2. The number of benzene rings is 15. The normalized spacial score (nSPS) is 14.4. The molecule has 2 heterocycles. The van der Waals surface area contributed by atoms with Crippen LogP contribution >= 0.6 is 0 Å². The van der Waals surface area contributed by atoms with Gasteiger partial charge in [-0.3, -0.25) is 0 Å². The van der Waals surface area contributed by atoms with Crippen molar-refractivity contribution in [2.45, 2.75) is 136 Å². The molecule has 0 fully saturated rings. The van der Waals surface area contributed by atoms with Crippen LogP contribution in [0.15, 0.2) is 340 Å². The Morgan fingerprint density at radius 1 is 0.219 bits per heavy atom. The van der Waals surface area contributed by atoms with Crippen molar-refractivity contribution in [3.05, 3.63) is 390 Å². The third-order valence-corrected chi connectivity index (χ3v) is 24.7. The molecule has 0 aromatic heterocycles. The molecule has 0 saturated carbocycles. The Morgan fingerprint density at radius 2 is 0.544 bits per heavy atom. The number of nitrogens with zero attached hydrogens (tertiary/aromatic N) is 2. The zero-order chi connectivity index (χ0) is 79.0. The van der Waals surface area contributed by atoms with Gasteiger partial charge < -0.3 is 9.80 Å². The molecule has 2 aliphatic heterocycles. The van der Waals surface area contributed by atoms with Crippen LogP contribution in [0.3, 0.4) is 0 Å². The van der Waals surface area contributed by atoms with Gasteiger partial charge in [0.15, 0.2) is 0 Å². The minimum atomic E-state index is -0.715. The number of fused-ring (bicyclic) bond motifs is 7. The molecule has 0 N–H and O–H groups in total. The Kier molecular flexibility index (Phi) is 17.8. The average molecular weight is 1470 g/mol. The molecule has 2 nitrogen and oxygen atoms in total. The van der Waals surface area contributed by atoms with Crippen LogP contribution in [-0.4, -0.2) is 6.71 Å². The minimum absolute atomic E-state index is 0.107. The first-order valence-electron chi connectivity index (χ1n) is 41.0. The van der Waals surface area contributed by atoms with Crippen molar-refractivity contribution in [2.24, 2.45) is 0 Å². The van der Waals surface area contributed by atoms with Gasteiger partial charge in [-0.15, -0.1) is 0 Å². The van der Waals surface area contributed by atoms with Gasteiger partial charge in [-0.05, 0) is 209 Å². The summed E-state index contributed by atoms with van der Waals surface area (Å²) in [7, 11) is 0. The van der Waals surface area contributed by atoms with E-state index in [2.05, 4.69) is 453 Å². The topological polar surface area (TPSA) is 6.48 Å². The average Bonchev–Trinajstić information content (AvgIpc) is 1.10. The van der Waals surface area contributed by atoms with Crippen LogP contribution < -0.4 is 26.2 Å². The van der Waals surface area contributed by atoms with E-state index in [9.17, 15) is 0 Å². The van der Waals surface area contributed by atoms with E-state index in [-0.39, 0.29) is 33.8 Å². The molecule has 0 amide bonds. The lowest BCUT2D eigenvalue weighted by molar-refractivity contribution is 0.569. The molecule has 3 heteroatoms. The molecule has 18 rings (SSSR count). The van der Waals surface area contributed by atoms with Gasteiger partial charge in [0.1, 0.15) is 0 Å². The maximum atomic E-state index is 2.77. The molecule has 0 bridgehead atoms. The fraction of sp³-hybridized carbons (Fsp3) is 0.189. The van der Waals surface area contributed by atoms with Gasteiger partial charge >= 0.3 is 0 Å². The third-order valence-electron chi connectivity index (χ3n) is 24.7. The Bertz CT molecular complexity index is 6050. The second kappa shape index (κ2) is 27.7. The monoisotopic (exact) mass is 1470 g/mol. The van der Waals surface area contributed by atoms with E-state index in [4.69, 9.17) is 0 Å². The lowest BCUT2D eigenvalue weighted by Crippen LogP contribution is -2.61. The van der Waals surface area contributed by atoms with Gasteiger partial charge in [-0.1, -0.05) is 395 Å². The molecule has 1 unspecified atom stereocenters. The summed E-state index contributed by atoms with van der Waals surface area (Å²) < 4.78 is 0. The van der Waals surface area contributed by atoms with Gasteiger partial charge in [-0.25, -0.2) is 0 Å². The largest absolute Gasteiger partial charge is 0.310 e. The molecule has 1 aliphatic carbocycles. The second-order valence-electron chi connectivity index (χ2n) is 37.3. The first kappa shape index (κ1) is 73.4. The van der Waals surface area contributed by atoms with Crippen molar-refractivity contribution in [2.75, 3.05) is 9.80 Å². The molecule has 114 heavy (non-hydrogen) atoms. The molecule has 0 radical (unpaired) electrons. The molecular weight excluding hydrogens is 1370 g/mol. The van der Waals surface area contributed by atoms with E-state index in [0.717, 1.165) is 45.1 Å². The Morgan fingerprint density at radius 3 is 0.974 bits per heavy atom. The van der Waals surface area contributed by atoms with Gasteiger partial charge in [0.05, 0.1) is 16.8 Å². The van der Waals surface area contributed by atoms with E-state index in [1.54, 1.807) is 0 Å². The quantitative estimate of drug-likeness (QED) is 0.119. The lowest BCUT2D eigenvalue weighted by Gasteiger charge is -2.47. The summed E-state index contributed by atoms with van der Waals surface area (Å²) in [5, 5.41) is 0. The van der Waals surface area contributed by atoms with Gasteiger partial charge in [0.25, 0.3) is 6.71 Å². The first-order chi connectivity index (χ1) is 54.7. The van der Waals surface area contributed by atoms with E-state index < -0.39 is 5.41 Å². The highest BCUT2D eigenvalue weighted by Gasteiger charge is 2.50. The van der Waals surface area contributed by atoms with E-state index in [0.29, 0.717) is 0 Å². The molecule has 0 spiro atoms. The highest BCUT2D eigenvalue weighted by Crippen LogP contribution is 2.61. The van der Waals surface area contributed by atoms with Crippen molar-refractivity contribution in [1.29, 1.82) is 0 Å². The van der Waals surface area contributed by atoms with Gasteiger partial charge in [-0.2, -0.15) is 0 Å². The van der Waals surface area contributed by atoms with Crippen LogP contribution in [0.1, 0.15) is 154 Å². The summed E-state index contributed by atoms with van der Waals surface area (Å²) in [6, 6.07) is 131. The van der Waals surface area contributed by atoms with Crippen LogP contribution in [0.25, 0.3) is 89.0 Å². The van der Waals surface area contributed by atoms with Crippen LogP contribution in [0.4, 0.5) is 34.1 Å². The standard InChI is InChI=1S/C111H101BN2/c1-106(2,3)83-61-80(62-84(65-83)107(4,5)6)78-55-59-96-98(63-78)113(104-91(74-39-24-17-25-40-74)66-85(108(7,8)9)67-92(104)75-41-26-18-27-42-75)100-70-87(110(13,14)15)71-101-103(100)112(96)97-60-56-79(64-99(97)114(101)105-93(76-43-28-19-29-44-76)68-86(109(10,11)12)69-94(105)77-45-30-20-31-46-77)88-50-36-51-90-89-49-34-35-52-95(89)111(102(88)90,81-47-32-21-33-48-81)82-57-53-73(54-58-82)72-37-22-16-23-38-72/h16-71H,1-15H3. The highest BCUT2D eigenvalue weighted by atomic mass is 15.2. The summed E-state index contributed by atoms with van der Waals surface area (Å²) in [5.41, 5.74) is 39.4. The van der Waals surface area contributed by atoms with Crippen molar-refractivity contribution in [3.63, 3.8) is 0 Å². The molecule has 3 aliphatic rings. The van der Waals surface area contributed by atoms with Crippen LogP contribution in [-0.2, 0) is 32.5 Å². The fourth-order valence-corrected chi connectivity index (χ4v) is 18.5. The molecule has 15 aromatic rings. The van der Waals surface area contributed by atoms with Crippen molar-refractivity contribution < 1.29 is 0 Å². The van der Waals surface area contributed by atoms with Crippen LogP contribution in [0, 0.1) is 0 Å². The number of hydrogen-bond acceptors (Lipinski definition) is 2. The Hall–Kier alpha value is -12.0. The predicted molar refractivity (Wildman–Crippen MR) is 489 cm³/mol. The smallest absolute Gasteiger partial charge is 0.252 e. The number of hydrogen-bond donors (Lipinski definition) is 0. The second-order valence-corrected chi connectivity index (χ2v) is 37.3. The Balaban J connectivity index is 1.01. The fourth-order valence-electron chi connectivity index (χ4n) is 18.5. The van der Waals surface area contributed by atoms with Crippen LogP contribution in [0.5, 0.6) is 0 Å². The number of rotatable bonds is 11. The van der Waals surface area contributed by atoms with E-state index >= 15 is 0 Å². The lowest BCUT2D eigenvalue weighted by atomic mass is 9.33. The highest BCUT2D eigenvalue weighted by molar-refractivity contribution is 7.00. The van der Waals surface area contributed by atoms with Crippen molar-refractivity contribution in [3.8, 4) is 89.0 Å². The van der Waals surface area contributed by atoms with Crippen molar-refractivity contribution in [1.82, 2.24) is 0 Å². The zero-order valence-electron chi connectivity index (χ0n) is 68.8. The first-order valence-corrected chi connectivity index (χ1v) is 41.0. The van der Waals surface area contributed by atoms with Crippen LogP contribution in [0.2, 0.25) is 0 Å². The van der Waals surface area contributed by atoms with E-state index in [1.165, 1.54) is 144 Å². The molecule has 15 aromatic carbocycles. The summed E-state index contributed by atoms with van der Waals surface area (Å²) >= 11 is 0. The maximum Gasteiger partial charge on any atom is 0.252 e.